The first-order valence-electron chi connectivity index (χ1n) is 9.43. The maximum Gasteiger partial charge on any atom is 0.192 e. The van der Waals surface area contributed by atoms with Gasteiger partial charge in [-0.15, -0.1) is 0 Å². The van der Waals surface area contributed by atoms with Crippen LogP contribution in [0.4, 0.5) is 0 Å². The van der Waals surface area contributed by atoms with Crippen molar-refractivity contribution in [2.24, 2.45) is 4.99 Å². The van der Waals surface area contributed by atoms with Crippen molar-refractivity contribution >= 4 is 16.7 Å². The molecule has 3 N–H and O–H groups in total. The van der Waals surface area contributed by atoms with Crippen LogP contribution in [0.3, 0.4) is 0 Å². The molecule has 27 heavy (non-hydrogen) atoms. The number of fused-ring (bicyclic) bond motifs is 1. The lowest BCUT2D eigenvalue weighted by molar-refractivity contribution is 0.280. The molecule has 0 amide bonds. The number of nitrogens with zero attached hydrogens (tertiary/aromatic N) is 1. The fourth-order valence-corrected chi connectivity index (χ4v) is 3.26. The van der Waals surface area contributed by atoms with Gasteiger partial charge in [-0.3, -0.25) is 0 Å². The third-order valence-corrected chi connectivity index (χ3v) is 4.68. The number of hydrogen-bond acceptors (Lipinski definition) is 2. The van der Waals surface area contributed by atoms with Crippen LogP contribution >= 0.6 is 0 Å². The second-order valence-corrected chi connectivity index (χ2v) is 6.56. The molecule has 4 nitrogen and oxygen atoms in total. The Bertz CT molecular complexity index is 915. The number of benzene rings is 3. The monoisotopic (exact) mass is 361 g/mol. The van der Waals surface area contributed by atoms with E-state index in [9.17, 15) is 5.11 Å². The Balaban J connectivity index is 1.81. The van der Waals surface area contributed by atoms with Gasteiger partial charge in [-0.25, -0.2) is 4.99 Å². The Morgan fingerprint density at radius 3 is 2.44 bits per heavy atom. The van der Waals surface area contributed by atoms with E-state index in [1.807, 2.05) is 24.3 Å². The van der Waals surface area contributed by atoms with Crippen LogP contribution in [-0.4, -0.2) is 17.6 Å². The van der Waals surface area contributed by atoms with Crippen LogP contribution in [0.5, 0.6) is 0 Å². The third-order valence-electron chi connectivity index (χ3n) is 4.68. The number of rotatable bonds is 6. The van der Waals surface area contributed by atoms with Crippen LogP contribution in [-0.2, 0) is 13.2 Å². The molecular weight excluding hydrogens is 334 g/mol. The molecule has 0 aliphatic carbocycles. The minimum absolute atomic E-state index is 0.0298. The average molecular weight is 361 g/mol. The maximum atomic E-state index is 9.50. The van der Waals surface area contributed by atoms with Gasteiger partial charge in [0, 0.05) is 6.54 Å². The van der Waals surface area contributed by atoms with Crippen LogP contribution in [0.2, 0.25) is 0 Å². The third kappa shape index (κ3) is 4.66. The highest BCUT2D eigenvalue weighted by molar-refractivity contribution is 5.87. The van der Waals surface area contributed by atoms with Crippen molar-refractivity contribution in [3.05, 3.63) is 83.4 Å². The fraction of sp³-hybridized carbons (Fsp3) is 0.261. The van der Waals surface area contributed by atoms with Crippen molar-refractivity contribution in [1.29, 1.82) is 0 Å². The second-order valence-electron chi connectivity index (χ2n) is 6.56. The normalized spacial score (nSPS) is 12.8. The van der Waals surface area contributed by atoms with Crippen LogP contribution in [0.1, 0.15) is 36.6 Å². The second kappa shape index (κ2) is 9.19. The molecule has 0 aliphatic rings. The number of aliphatic hydroxyl groups excluding tert-OH is 1. The molecule has 3 aromatic rings. The molecule has 1 unspecified atom stereocenters. The highest BCUT2D eigenvalue weighted by Crippen LogP contribution is 2.24. The minimum atomic E-state index is 0.0298. The summed E-state index contributed by atoms with van der Waals surface area (Å²) in [6, 6.07) is 22.8. The number of aliphatic imine (C=N–C) groups is 1. The standard InChI is InChI=1S/C23H27N3O/c1-3-24-23(25-15-19-10-4-5-11-20(19)16-27)26-17(2)21-14-8-12-18-9-6-7-13-22(18)21/h4-14,17,27H,3,15-16H2,1-2H3,(H2,24,25,26). The van der Waals surface area contributed by atoms with Crippen molar-refractivity contribution in [1.82, 2.24) is 10.6 Å². The van der Waals surface area contributed by atoms with Gasteiger partial charge >= 0.3 is 0 Å². The Morgan fingerprint density at radius 1 is 0.963 bits per heavy atom. The summed E-state index contributed by atoms with van der Waals surface area (Å²) < 4.78 is 0. The highest BCUT2D eigenvalue weighted by atomic mass is 16.3. The van der Waals surface area contributed by atoms with Crippen molar-refractivity contribution in [3.63, 3.8) is 0 Å². The van der Waals surface area contributed by atoms with Gasteiger partial charge in [0.25, 0.3) is 0 Å². The Kier molecular flexibility index (Phi) is 6.44. The summed E-state index contributed by atoms with van der Waals surface area (Å²) in [4.78, 5) is 4.72. The van der Waals surface area contributed by atoms with Crippen molar-refractivity contribution in [2.75, 3.05) is 6.54 Å². The van der Waals surface area contributed by atoms with Gasteiger partial charge in [0.1, 0.15) is 0 Å². The first-order chi connectivity index (χ1) is 13.2. The Morgan fingerprint density at radius 2 is 1.67 bits per heavy atom. The summed E-state index contributed by atoms with van der Waals surface area (Å²) in [5, 5.41) is 18.8. The van der Waals surface area contributed by atoms with Crippen molar-refractivity contribution < 1.29 is 5.11 Å². The SMILES string of the molecule is CCNC(=NCc1ccccc1CO)NC(C)c1cccc2ccccc12. The molecule has 0 bridgehead atoms. The van der Waals surface area contributed by atoms with E-state index in [1.54, 1.807) is 0 Å². The number of guanidine groups is 1. The van der Waals surface area contributed by atoms with Gasteiger partial charge < -0.3 is 15.7 Å². The zero-order valence-corrected chi connectivity index (χ0v) is 15.9. The van der Waals surface area contributed by atoms with Gasteiger partial charge in [-0.1, -0.05) is 66.7 Å². The van der Waals surface area contributed by atoms with Gasteiger partial charge in [0.2, 0.25) is 0 Å². The molecule has 0 saturated heterocycles. The molecule has 4 heteroatoms. The topological polar surface area (TPSA) is 56.7 Å². The number of nitrogens with one attached hydrogen (secondary N) is 2. The zero-order chi connectivity index (χ0) is 19.1. The largest absolute Gasteiger partial charge is 0.392 e. The number of aliphatic hydroxyl groups is 1. The first kappa shape index (κ1) is 18.9. The van der Waals surface area contributed by atoms with E-state index in [0.29, 0.717) is 6.54 Å². The molecule has 0 aliphatic heterocycles. The fourth-order valence-electron chi connectivity index (χ4n) is 3.26. The van der Waals surface area contributed by atoms with E-state index < -0.39 is 0 Å². The minimum Gasteiger partial charge on any atom is -0.392 e. The molecule has 3 aromatic carbocycles. The summed E-state index contributed by atoms with van der Waals surface area (Å²) >= 11 is 0. The Labute approximate surface area is 161 Å². The molecular formula is C23H27N3O. The molecule has 0 saturated carbocycles. The summed E-state index contributed by atoms with van der Waals surface area (Å²) in [6.45, 7) is 5.55. The van der Waals surface area contributed by atoms with Crippen molar-refractivity contribution in [3.8, 4) is 0 Å². The Hall–Kier alpha value is -2.85. The van der Waals surface area contributed by atoms with Crippen LogP contribution < -0.4 is 10.6 Å². The molecule has 0 fully saturated rings. The lowest BCUT2D eigenvalue weighted by atomic mass is 10.00. The van der Waals surface area contributed by atoms with Gasteiger partial charge in [0.05, 0.1) is 19.2 Å². The summed E-state index contributed by atoms with van der Waals surface area (Å²) in [5.41, 5.74) is 3.20. The van der Waals surface area contributed by atoms with Gasteiger partial charge in [-0.2, -0.15) is 0 Å². The first-order valence-corrected chi connectivity index (χ1v) is 9.43. The molecule has 1 atom stereocenters. The van der Waals surface area contributed by atoms with Crippen molar-refractivity contribution in [2.45, 2.75) is 33.0 Å². The lowest BCUT2D eigenvalue weighted by Gasteiger charge is -2.20. The predicted octanol–water partition coefficient (Wildman–Crippen LogP) is 4.15. The van der Waals surface area contributed by atoms with E-state index >= 15 is 0 Å². The van der Waals surface area contributed by atoms with Crippen LogP contribution in [0.15, 0.2) is 71.7 Å². The van der Waals surface area contributed by atoms with Crippen LogP contribution in [0.25, 0.3) is 10.8 Å². The van der Waals surface area contributed by atoms with E-state index in [2.05, 4.69) is 66.9 Å². The summed E-state index contributed by atoms with van der Waals surface area (Å²) in [5.74, 6) is 0.769. The number of hydrogen-bond donors (Lipinski definition) is 3. The van der Waals surface area contributed by atoms with E-state index in [0.717, 1.165) is 23.6 Å². The maximum absolute atomic E-state index is 9.50. The van der Waals surface area contributed by atoms with E-state index in [-0.39, 0.29) is 12.6 Å². The lowest BCUT2D eigenvalue weighted by Crippen LogP contribution is -2.38. The van der Waals surface area contributed by atoms with Gasteiger partial charge in [0.15, 0.2) is 5.96 Å². The van der Waals surface area contributed by atoms with E-state index in [1.165, 1.54) is 16.3 Å². The average Bonchev–Trinajstić information content (AvgIpc) is 2.71. The molecule has 140 valence electrons. The van der Waals surface area contributed by atoms with E-state index in [4.69, 9.17) is 4.99 Å². The predicted molar refractivity (Wildman–Crippen MR) is 113 cm³/mol. The van der Waals surface area contributed by atoms with Gasteiger partial charge in [-0.05, 0) is 41.3 Å². The summed E-state index contributed by atoms with van der Waals surface area (Å²) in [7, 11) is 0. The molecule has 0 radical (unpaired) electrons. The molecule has 0 aromatic heterocycles. The molecule has 0 heterocycles. The smallest absolute Gasteiger partial charge is 0.192 e. The zero-order valence-electron chi connectivity index (χ0n) is 15.9. The highest BCUT2D eigenvalue weighted by Gasteiger charge is 2.11. The summed E-state index contributed by atoms with van der Waals surface area (Å²) in [6.07, 6.45) is 0. The molecule has 0 spiro atoms. The quantitative estimate of drug-likeness (QED) is 0.457. The molecule has 3 rings (SSSR count). The van der Waals surface area contributed by atoms with Crippen LogP contribution in [0, 0.1) is 0 Å².